The Labute approximate surface area is 247 Å². The topological polar surface area (TPSA) is 128 Å². The number of rotatable bonds is 5. The van der Waals surface area contributed by atoms with Crippen molar-refractivity contribution in [3.05, 3.63) is 52.4 Å². The number of halogens is 3. The molecule has 2 saturated heterocycles. The van der Waals surface area contributed by atoms with Gasteiger partial charge in [0.1, 0.15) is 16.5 Å². The maximum absolute atomic E-state index is 14.2. The predicted octanol–water partition coefficient (Wildman–Crippen LogP) is 5.64. The fraction of sp³-hybridized carbons (Fsp3) is 0.533. The number of anilines is 2. The first kappa shape index (κ1) is 30.4. The molecular weight excluding hydrogens is 563 g/mol. The van der Waals surface area contributed by atoms with Gasteiger partial charge in [0.25, 0.3) is 5.56 Å². The van der Waals surface area contributed by atoms with Gasteiger partial charge in [0, 0.05) is 25.0 Å². The first-order chi connectivity index (χ1) is 20.3. The third kappa shape index (κ3) is 5.80. The Morgan fingerprint density at radius 1 is 1.12 bits per heavy atom. The first-order valence-electron chi connectivity index (χ1n) is 14.4. The van der Waals surface area contributed by atoms with Crippen LogP contribution < -0.4 is 16.2 Å². The van der Waals surface area contributed by atoms with Crippen LogP contribution in [0.1, 0.15) is 64.9 Å². The SMILES string of the molecule is CC(C)(C)OC(=O)N1CCC(CC#N)(n2nc(Nc3ccc(C4(C(F)(F)F)CCCCN4)cc3)c3c(=O)[nH]ccc32)CC1. The second kappa shape index (κ2) is 11.2. The summed E-state index contributed by atoms with van der Waals surface area (Å²) in [6, 6.07) is 9.94. The van der Waals surface area contributed by atoms with E-state index in [4.69, 9.17) is 9.84 Å². The summed E-state index contributed by atoms with van der Waals surface area (Å²) in [5, 5.41) is 20.6. The lowest BCUT2D eigenvalue weighted by atomic mass is 9.81. The number of carbonyl (C=O) groups excluding carboxylic acids is 1. The van der Waals surface area contributed by atoms with E-state index in [0.29, 0.717) is 50.0 Å². The highest BCUT2D eigenvalue weighted by Crippen LogP contribution is 2.45. The molecule has 2 fully saturated rings. The van der Waals surface area contributed by atoms with Crippen LogP contribution in [0, 0.1) is 11.3 Å². The van der Waals surface area contributed by atoms with Gasteiger partial charge < -0.3 is 19.9 Å². The number of nitriles is 1. The van der Waals surface area contributed by atoms with E-state index in [1.54, 1.807) is 48.6 Å². The van der Waals surface area contributed by atoms with Crippen LogP contribution in [0.3, 0.4) is 0 Å². The van der Waals surface area contributed by atoms with Crippen molar-refractivity contribution in [3.63, 3.8) is 0 Å². The molecule has 0 saturated carbocycles. The number of nitrogens with zero attached hydrogens (tertiary/aromatic N) is 4. The van der Waals surface area contributed by atoms with E-state index in [-0.39, 0.29) is 36.2 Å². The number of nitrogens with one attached hydrogen (secondary N) is 3. The van der Waals surface area contributed by atoms with Crippen molar-refractivity contribution in [2.75, 3.05) is 25.0 Å². The van der Waals surface area contributed by atoms with Crippen molar-refractivity contribution < 1.29 is 22.7 Å². The average molecular weight is 600 g/mol. The average Bonchev–Trinajstić information content (AvgIpc) is 3.33. The van der Waals surface area contributed by atoms with Gasteiger partial charge in [0.15, 0.2) is 5.82 Å². The second-order valence-corrected chi connectivity index (χ2v) is 12.3. The fourth-order valence-electron chi connectivity index (χ4n) is 6.10. The number of carbonyl (C=O) groups is 1. The lowest BCUT2D eigenvalue weighted by molar-refractivity contribution is -0.207. The van der Waals surface area contributed by atoms with E-state index >= 15 is 0 Å². The van der Waals surface area contributed by atoms with Crippen LogP contribution in [-0.2, 0) is 15.8 Å². The molecule has 0 spiro atoms. The van der Waals surface area contributed by atoms with Gasteiger partial charge in [-0.1, -0.05) is 12.1 Å². The standard InChI is InChI=1S/C30H36F3N7O3/c1-27(2,3)43-26(42)39-18-13-28(12-15-34,14-19-39)40-22-10-17-35-25(41)23(22)24(38-40)37-21-8-6-20(7-9-21)29(30(31,32)33)11-4-5-16-36-29/h6-10,17,36H,4-5,11-14,16,18-19H2,1-3H3,(H,35,41)(H,37,38). The zero-order valence-corrected chi connectivity index (χ0v) is 24.5. The fourth-order valence-corrected chi connectivity index (χ4v) is 6.10. The highest BCUT2D eigenvalue weighted by atomic mass is 19.4. The van der Waals surface area contributed by atoms with Crippen LogP contribution in [0.2, 0.25) is 0 Å². The number of H-pyrrole nitrogens is 1. The molecule has 2 aliphatic rings. The monoisotopic (exact) mass is 599 g/mol. The molecule has 0 bridgehead atoms. The summed E-state index contributed by atoms with van der Waals surface area (Å²) in [6.07, 6.45) is -1.36. The summed E-state index contributed by atoms with van der Waals surface area (Å²) in [6.45, 7) is 6.34. The second-order valence-electron chi connectivity index (χ2n) is 12.3. The normalized spacial score (nSPS) is 20.9. The molecule has 1 atom stereocenters. The summed E-state index contributed by atoms with van der Waals surface area (Å²) < 4.78 is 49.8. The van der Waals surface area contributed by atoms with Crippen LogP contribution in [0.4, 0.5) is 29.5 Å². The Morgan fingerprint density at radius 3 is 2.40 bits per heavy atom. The third-order valence-corrected chi connectivity index (χ3v) is 8.34. The van der Waals surface area contributed by atoms with Crippen molar-refractivity contribution in [3.8, 4) is 6.07 Å². The van der Waals surface area contributed by atoms with Crippen molar-refractivity contribution in [1.82, 2.24) is 25.0 Å². The number of pyridine rings is 1. The number of hydrogen-bond acceptors (Lipinski definition) is 7. The Kier molecular flexibility index (Phi) is 7.94. The predicted molar refractivity (Wildman–Crippen MR) is 155 cm³/mol. The first-order valence-corrected chi connectivity index (χ1v) is 14.4. The van der Waals surface area contributed by atoms with Crippen LogP contribution in [-0.4, -0.2) is 57.2 Å². The number of alkyl halides is 3. The summed E-state index contributed by atoms with van der Waals surface area (Å²) in [5.41, 5.74) is -2.85. The number of likely N-dealkylation sites (tertiary alicyclic amines) is 1. The molecule has 13 heteroatoms. The number of aromatic nitrogens is 3. The van der Waals surface area contributed by atoms with E-state index in [0.717, 1.165) is 0 Å². The largest absolute Gasteiger partial charge is 0.444 e. The number of benzene rings is 1. The van der Waals surface area contributed by atoms with E-state index in [9.17, 15) is 28.0 Å². The Balaban J connectivity index is 1.46. The van der Waals surface area contributed by atoms with Gasteiger partial charge in [-0.05, 0) is 83.2 Å². The van der Waals surface area contributed by atoms with Gasteiger partial charge in [-0.2, -0.15) is 23.5 Å². The van der Waals surface area contributed by atoms with Gasteiger partial charge in [-0.25, -0.2) is 4.79 Å². The molecule has 10 nitrogen and oxygen atoms in total. The van der Waals surface area contributed by atoms with Crippen molar-refractivity contribution >= 4 is 28.5 Å². The van der Waals surface area contributed by atoms with E-state index < -0.39 is 34.5 Å². The number of ether oxygens (including phenoxy) is 1. The van der Waals surface area contributed by atoms with Crippen LogP contribution in [0.5, 0.6) is 0 Å². The van der Waals surface area contributed by atoms with Gasteiger partial charge in [-0.3, -0.25) is 14.8 Å². The minimum atomic E-state index is -4.46. The van der Waals surface area contributed by atoms with Crippen LogP contribution in [0.15, 0.2) is 41.3 Å². The molecule has 2 aliphatic heterocycles. The molecule has 43 heavy (non-hydrogen) atoms. The minimum Gasteiger partial charge on any atom is -0.444 e. The van der Waals surface area contributed by atoms with Gasteiger partial charge in [-0.15, -0.1) is 0 Å². The Bertz CT molecular complexity index is 1570. The molecule has 1 amide bonds. The van der Waals surface area contributed by atoms with Crippen molar-refractivity contribution in [1.29, 1.82) is 5.26 Å². The number of fused-ring (bicyclic) bond motifs is 1. The molecule has 0 radical (unpaired) electrons. The number of aromatic amines is 1. The lowest BCUT2D eigenvalue weighted by Gasteiger charge is -2.41. The van der Waals surface area contributed by atoms with Crippen LogP contribution in [0.25, 0.3) is 10.9 Å². The molecule has 230 valence electrons. The number of hydrogen-bond donors (Lipinski definition) is 3. The smallest absolute Gasteiger partial charge is 0.410 e. The zero-order valence-electron chi connectivity index (χ0n) is 24.5. The zero-order chi connectivity index (χ0) is 31.0. The maximum Gasteiger partial charge on any atom is 0.410 e. The summed E-state index contributed by atoms with van der Waals surface area (Å²) in [4.78, 5) is 30.0. The van der Waals surface area contributed by atoms with Gasteiger partial charge in [0.2, 0.25) is 0 Å². The van der Waals surface area contributed by atoms with E-state index in [1.165, 1.54) is 18.3 Å². The van der Waals surface area contributed by atoms with Crippen molar-refractivity contribution in [2.24, 2.45) is 0 Å². The van der Waals surface area contributed by atoms with Gasteiger partial charge >= 0.3 is 12.3 Å². The molecule has 5 rings (SSSR count). The Morgan fingerprint density at radius 2 is 1.81 bits per heavy atom. The Hall–Kier alpha value is -4.05. The molecule has 2 aromatic heterocycles. The molecule has 3 N–H and O–H groups in total. The summed E-state index contributed by atoms with van der Waals surface area (Å²) >= 11 is 0. The molecule has 0 aliphatic carbocycles. The molecular formula is C30H36F3N7O3. The number of amides is 1. The van der Waals surface area contributed by atoms with Gasteiger partial charge in [0.05, 0.1) is 23.5 Å². The summed E-state index contributed by atoms with van der Waals surface area (Å²) in [7, 11) is 0. The summed E-state index contributed by atoms with van der Waals surface area (Å²) in [5.74, 6) is 0.220. The third-order valence-electron chi connectivity index (χ3n) is 8.34. The highest BCUT2D eigenvalue weighted by Gasteiger charge is 2.56. The highest BCUT2D eigenvalue weighted by molar-refractivity contribution is 5.91. The quantitative estimate of drug-likeness (QED) is 0.346. The molecule has 4 heterocycles. The van der Waals surface area contributed by atoms with Crippen molar-refractivity contribution in [2.45, 2.75) is 82.2 Å². The van der Waals surface area contributed by atoms with Crippen LogP contribution >= 0.6 is 0 Å². The maximum atomic E-state index is 14.2. The van der Waals surface area contributed by atoms with E-state index in [2.05, 4.69) is 21.7 Å². The molecule has 1 aromatic carbocycles. The molecule has 1 unspecified atom stereocenters. The lowest BCUT2D eigenvalue weighted by Crippen LogP contribution is -2.56. The van der Waals surface area contributed by atoms with E-state index in [1.807, 2.05) is 0 Å². The minimum absolute atomic E-state index is 0.0416. The number of piperidine rings is 2. The molecule has 3 aromatic rings.